The summed E-state index contributed by atoms with van der Waals surface area (Å²) in [7, 11) is -0.419. The average Bonchev–Trinajstić information content (AvgIpc) is 2.04. The van der Waals surface area contributed by atoms with E-state index >= 15 is 0 Å². The van der Waals surface area contributed by atoms with Crippen LogP contribution >= 0.6 is 10.9 Å². The molecule has 0 bridgehead atoms. The van der Waals surface area contributed by atoms with Crippen LogP contribution in [0.25, 0.3) is 0 Å². The molecule has 0 saturated heterocycles. The van der Waals surface area contributed by atoms with Crippen molar-refractivity contribution in [2.75, 3.05) is 4.72 Å². The SMILES string of the molecule is C=S1N=C(N)c2ccccc2N1. The Morgan fingerprint density at radius 3 is 3.00 bits per heavy atom. The molecule has 0 aromatic heterocycles. The van der Waals surface area contributed by atoms with Crippen LogP contribution in [-0.2, 0) is 0 Å². The number of benzene rings is 1. The molecule has 2 rings (SSSR count). The highest BCUT2D eigenvalue weighted by Crippen LogP contribution is 2.27. The zero-order chi connectivity index (χ0) is 8.55. The first kappa shape index (κ1) is 7.36. The van der Waals surface area contributed by atoms with Crippen molar-refractivity contribution < 1.29 is 0 Å². The summed E-state index contributed by atoms with van der Waals surface area (Å²) in [6, 6.07) is 7.82. The molecule has 1 aliphatic rings. The van der Waals surface area contributed by atoms with Crippen LogP contribution in [0, 0.1) is 0 Å². The highest BCUT2D eigenvalue weighted by molar-refractivity contribution is 8.14. The van der Waals surface area contributed by atoms with Gasteiger partial charge in [-0.25, -0.2) is 0 Å². The molecule has 0 spiro atoms. The van der Waals surface area contributed by atoms with Gasteiger partial charge in [-0.3, -0.25) is 0 Å². The molecule has 1 unspecified atom stereocenters. The van der Waals surface area contributed by atoms with Gasteiger partial charge in [0.1, 0.15) is 5.84 Å². The quantitative estimate of drug-likeness (QED) is 0.591. The number of nitrogens with one attached hydrogen (secondary N) is 1. The fourth-order valence-electron chi connectivity index (χ4n) is 1.11. The first-order valence-corrected chi connectivity index (χ1v) is 4.87. The minimum atomic E-state index is -0.419. The first-order valence-electron chi connectivity index (χ1n) is 3.52. The summed E-state index contributed by atoms with van der Waals surface area (Å²) in [6.07, 6.45) is 0. The number of anilines is 1. The Kier molecular flexibility index (Phi) is 1.62. The van der Waals surface area contributed by atoms with Gasteiger partial charge in [0.05, 0.1) is 5.69 Å². The van der Waals surface area contributed by atoms with Crippen LogP contribution in [0.5, 0.6) is 0 Å². The first-order chi connectivity index (χ1) is 5.77. The highest BCUT2D eigenvalue weighted by Gasteiger charge is 2.10. The Bertz CT molecular complexity index is 370. The molecule has 0 amide bonds. The van der Waals surface area contributed by atoms with E-state index in [1.807, 2.05) is 24.3 Å². The van der Waals surface area contributed by atoms with Crippen LogP contribution in [0.4, 0.5) is 5.69 Å². The number of hydrogen-bond acceptors (Lipinski definition) is 3. The van der Waals surface area contributed by atoms with Crippen molar-refractivity contribution >= 4 is 28.2 Å². The lowest BCUT2D eigenvalue weighted by molar-refractivity contribution is 1.53. The van der Waals surface area contributed by atoms with Crippen molar-refractivity contribution in [1.29, 1.82) is 0 Å². The van der Waals surface area contributed by atoms with Crippen molar-refractivity contribution in [2.24, 2.45) is 10.1 Å². The lowest BCUT2D eigenvalue weighted by atomic mass is 10.2. The molecular weight excluding hydrogens is 170 g/mol. The number of para-hydroxylation sites is 1. The number of nitrogens with two attached hydrogens (primary N) is 1. The van der Waals surface area contributed by atoms with Crippen molar-refractivity contribution in [3.05, 3.63) is 29.8 Å². The molecule has 1 aromatic carbocycles. The summed E-state index contributed by atoms with van der Waals surface area (Å²) in [4.78, 5) is 0. The van der Waals surface area contributed by atoms with E-state index < -0.39 is 10.9 Å². The molecular formula is C8H9N3S. The second kappa shape index (κ2) is 2.64. The molecule has 1 aliphatic heterocycles. The third kappa shape index (κ3) is 1.10. The molecule has 12 heavy (non-hydrogen) atoms. The molecule has 62 valence electrons. The van der Waals surface area contributed by atoms with Gasteiger partial charge in [-0.15, -0.1) is 0 Å². The maximum Gasteiger partial charge on any atom is 0.142 e. The van der Waals surface area contributed by atoms with Gasteiger partial charge in [0.2, 0.25) is 0 Å². The van der Waals surface area contributed by atoms with Gasteiger partial charge in [-0.05, 0) is 18.0 Å². The monoisotopic (exact) mass is 179 g/mol. The zero-order valence-electron chi connectivity index (χ0n) is 6.45. The molecule has 1 atom stereocenters. The molecule has 3 N–H and O–H groups in total. The van der Waals surface area contributed by atoms with Gasteiger partial charge >= 0.3 is 0 Å². The van der Waals surface area contributed by atoms with Gasteiger partial charge in [0.25, 0.3) is 0 Å². The molecule has 4 heteroatoms. The van der Waals surface area contributed by atoms with Gasteiger partial charge in [-0.2, -0.15) is 4.40 Å². The van der Waals surface area contributed by atoms with Crippen molar-refractivity contribution in [1.82, 2.24) is 0 Å². The Labute approximate surface area is 73.5 Å². The molecule has 0 saturated carbocycles. The van der Waals surface area contributed by atoms with E-state index in [9.17, 15) is 0 Å². The topological polar surface area (TPSA) is 50.4 Å². The van der Waals surface area contributed by atoms with Gasteiger partial charge in [0.15, 0.2) is 0 Å². The van der Waals surface area contributed by atoms with Crippen LogP contribution in [0.15, 0.2) is 28.7 Å². The molecule has 3 nitrogen and oxygen atoms in total. The van der Waals surface area contributed by atoms with E-state index in [2.05, 4.69) is 15.0 Å². The Balaban J connectivity index is 2.60. The van der Waals surface area contributed by atoms with Gasteiger partial charge in [0, 0.05) is 16.4 Å². The van der Waals surface area contributed by atoms with Crippen molar-refractivity contribution in [2.45, 2.75) is 0 Å². The minimum Gasteiger partial charge on any atom is -0.383 e. The number of hydrogen-bond donors (Lipinski definition) is 2. The molecule has 1 heterocycles. The van der Waals surface area contributed by atoms with Crippen LogP contribution in [0.2, 0.25) is 0 Å². The molecule has 1 aromatic rings. The fraction of sp³-hybridized carbons (Fsp3) is 0. The number of rotatable bonds is 0. The van der Waals surface area contributed by atoms with E-state index in [4.69, 9.17) is 5.73 Å². The summed E-state index contributed by atoms with van der Waals surface area (Å²) in [5.41, 5.74) is 7.69. The van der Waals surface area contributed by atoms with Gasteiger partial charge in [-0.1, -0.05) is 12.1 Å². The smallest absolute Gasteiger partial charge is 0.142 e. The average molecular weight is 179 g/mol. The largest absolute Gasteiger partial charge is 0.383 e. The van der Waals surface area contributed by atoms with E-state index in [0.29, 0.717) is 5.84 Å². The molecule has 0 aliphatic carbocycles. The Morgan fingerprint density at radius 2 is 2.17 bits per heavy atom. The number of fused-ring (bicyclic) bond motifs is 1. The maximum atomic E-state index is 5.71. The van der Waals surface area contributed by atoms with Gasteiger partial charge < -0.3 is 10.5 Å². The van der Waals surface area contributed by atoms with E-state index in [1.165, 1.54) is 0 Å². The summed E-state index contributed by atoms with van der Waals surface area (Å²) in [5.74, 6) is 4.37. The van der Waals surface area contributed by atoms with Crippen LogP contribution in [0.1, 0.15) is 5.56 Å². The lowest BCUT2D eigenvalue weighted by Gasteiger charge is -2.16. The molecule has 0 radical (unpaired) electrons. The van der Waals surface area contributed by atoms with E-state index in [1.54, 1.807) is 0 Å². The second-order valence-electron chi connectivity index (χ2n) is 2.49. The lowest BCUT2D eigenvalue weighted by Crippen LogP contribution is -2.18. The summed E-state index contributed by atoms with van der Waals surface area (Å²) < 4.78 is 7.26. The molecule has 0 fully saturated rings. The highest BCUT2D eigenvalue weighted by atomic mass is 32.2. The normalized spacial score (nSPS) is 20.7. The summed E-state index contributed by atoms with van der Waals surface area (Å²) >= 11 is 0. The Hall–Kier alpha value is -1.29. The predicted molar refractivity (Wildman–Crippen MR) is 55.5 cm³/mol. The van der Waals surface area contributed by atoms with Crippen LogP contribution < -0.4 is 10.5 Å². The number of nitrogens with zero attached hydrogens (tertiary/aromatic N) is 1. The fourth-order valence-corrected chi connectivity index (χ4v) is 1.93. The third-order valence-electron chi connectivity index (χ3n) is 1.64. The third-order valence-corrected chi connectivity index (χ3v) is 2.51. The zero-order valence-corrected chi connectivity index (χ0v) is 7.27. The van der Waals surface area contributed by atoms with E-state index in [-0.39, 0.29) is 0 Å². The van der Waals surface area contributed by atoms with E-state index in [0.717, 1.165) is 11.3 Å². The number of amidine groups is 1. The predicted octanol–water partition coefficient (Wildman–Crippen LogP) is 1.35. The summed E-state index contributed by atoms with van der Waals surface area (Å²) in [5, 5.41) is 0. The van der Waals surface area contributed by atoms with Crippen molar-refractivity contribution in [3.8, 4) is 0 Å². The minimum absolute atomic E-state index is 0.419. The summed E-state index contributed by atoms with van der Waals surface area (Å²) in [6.45, 7) is 0. The maximum absolute atomic E-state index is 5.71. The second-order valence-corrected chi connectivity index (χ2v) is 3.61. The van der Waals surface area contributed by atoms with Crippen LogP contribution in [0.3, 0.4) is 0 Å². The Morgan fingerprint density at radius 1 is 1.42 bits per heavy atom. The van der Waals surface area contributed by atoms with Crippen LogP contribution in [-0.4, -0.2) is 11.7 Å². The standard InChI is InChI=1S/C8H9N3S/c1-12-10-7-5-3-2-4-6(7)8(9)11-12/h2-5,10H,1H2,(H2,9,11). The van der Waals surface area contributed by atoms with Crippen molar-refractivity contribution in [3.63, 3.8) is 0 Å².